The number of carbonyl (C=O) groups is 2. The van der Waals surface area contributed by atoms with E-state index in [1.807, 2.05) is 0 Å². The minimum absolute atomic E-state index is 0.0773. The lowest BCUT2D eigenvalue weighted by Crippen LogP contribution is -2.35. The second-order valence-corrected chi connectivity index (χ2v) is 13.5. The molecule has 1 heterocycles. The average Bonchev–Trinajstić information content (AvgIpc) is 2.64. The van der Waals surface area contributed by atoms with Crippen molar-refractivity contribution in [2.24, 2.45) is 0 Å². The molecule has 0 aromatic heterocycles. The summed E-state index contributed by atoms with van der Waals surface area (Å²) in [6, 6.07) is 5.79. The highest BCUT2D eigenvalue weighted by atomic mass is 28.3. The summed E-state index contributed by atoms with van der Waals surface area (Å²) in [4.78, 5) is 36.0. The Morgan fingerprint density at radius 2 is 1.59 bits per heavy atom. The molecule has 29 heavy (non-hydrogen) atoms. The summed E-state index contributed by atoms with van der Waals surface area (Å²) in [6.07, 6.45) is 0.339. The maximum Gasteiger partial charge on any atom is 0.336 e. The molecule has 0 bridgehead atoms. The van der Waals surface area contributed by atoms with E-state index in [1.54, 1.807) is 26.0 Å². The Bertz CT molecular complexity index is 897. The average molecular weight is 419 g/mol. The van der Waals surface area contributed by atoms with Gasteiger partial charge in [-0.05, 0) is 19.4 Å². The minimum Gasteiger partial charge on any atom is -0.466 e. The van der Waals surface area contributed by atoms with E-state index >= 15 is 0 Å². The van der Waals surface area contributed by atoms with Gasteiger partial charge < -0.3 is 14.8 Å². The number of non-ortho nitro benzene ring substituents is 1. The fourth-order valence-electron chi connectivity index (χ4n) is 3.13. The number of hydrogen-bond acceptors (Lipinski definition) is 7. The molecule has 0 spiro atoms. The summed E-state index contributed by atoms with van der Waals surface area (Å²) >= 11 is 0. The van der Waals surface area contributed by atoms with E-state index in [4.69, 9.17) is 9.47 Å². The number of allylic oxidation sites excluding steroid dienone is 2. The lowest BCUT2D eigenvalue weighted by molar-refractivity contribution is -0.384. The lowest BCUT2D eigenvalue weighted by atomic mass is 9.80. The second kappa shape index (κ2) is 8.60. The van der Waals surface area contributed by atoms with Crippen molar-refractivity contribution in [3.05, 3.63) is 62.5 Å². The number of ether oxygens (including phenoxy) is 2. The summed E-state index contributed by atoms with van der Waals surface area (Å²) in [7, 11) is -0.383. The molecule has 0 radical (unpaired) electrons. The highest BCUT2D eigenvalue weighted by Gasteiger charge is 2.38. The number of dihydropyridines is 1. The molecule has 1 N–H and O–H groups in total. The fourth-order valence-corrected chi connectivity index (χ4v) is 3.69. The lowest BCUT2D eigenvalue weighted by Gasteiger charge is -2.30. The Kier molecular flexibility index (Phi) is 6.63. The Morgan fingerprint density at radius 3 is 2.03 bits per heavy atom. The number of esters is 2. The van der Waals surface area contributed by atoms with Crippen LogP contribution >= 0.6 is 0 Å². The molecular weight excluding hydrogens is 392 g/mol. The molecule has 156 valence electrons. The maximum absolute atomic E-state index is 13.0. The van der Waals surface area contributed by atoms with Gasteiger partial charge in [0.05, 0.1) is 43.4 Å². The summed E-state index contributed by atoms with van der Waals surface area (Å²) in [6.45, 7) is 9.70. The van der Waals surface area contributed by atoms with Crippen molar-refractivity contribution >= 4 is 25.7 Å². The molecule has 1 aliphatic heterocycles. The van der Waals surface area contributed by atoms with E-state index in [9.17, 15) is 19.7 Å². The van der Waals surface area contributed by atoms with Crippen LogP contribution in [-0.4, -0.2) is 38.3 Å². The third-order valence-corrected chi connectivity index (χ3v) is 5.47. The van der Waals surface area contributed by atoms with Crippen LogP contribution in [0.25, 0.3) is 0 Å². The van der Waals surface area contributed by atoms with Crippen LogP contribution in [0.4, 0.5) is 5.69 Å². The van der Waals surface area contributed by atoms with Crippen molar-refractivity contribution < 1.29 is 24.0 Å². The van der Waals surface area contributed by atoms with Crippen LogP contribution in [0.5, 0.6) is 0 Å². The third-order valence-electron chi connectivity index (χ3n) is 4.46. The molecular formula is C20H26N2O6Si. The van der Waals surface area contributed by atoms with Crippen LogP contribution in [0, 0.1) is 10.1 Å². The Morgan fingerprint density at radius 1 is 1.07 bits per heavy atom. The molecule has 9 heteroatoms. The van der Waals surface area contributed by atoms with Crippen LogP contribution in [0.3, 0.4) is 0 Å². The van der Waals surface area contributed by atoms with Crippen LogP contribution in [0.15, 0.2) is 46.8 Å². The highest BCUT2D eigenvalue weighted by molar-refractivity contribution is 6.76. The monoisotopic (exact) mass is 418 g/mol. The number of carbonyl (C=O) groups excluding carboxylic acids is 2. The van der Waals surface area contributed by atoms with Gasteiger partial charge in [-0.1, -0.05) is 31.8 Å². The van der Waals surface area contributed by atoms with Crippen LogP contribution < -0.4 is 5.32 Å². The number of nitrogens with zero attached hydrogens (tertiary/aromatic N) is 1. The van der Waals surface area contributed by atoms with Crippen molar-refractivity contribution in [2.75, 3.05) is 13.3 Å². The van der Waals surface area contributed by atoms with Crippen molar-refractivity contribution in [1.82, 2.24) is 5.32 Å². The molecule has 2 rings (SSSR count). The number of hydrogen-bond donors (Lipinski definition) is 1. The molecule has 1 unspecified atom stereocenters. The van der Waals surface area contributed by atoms with E-state index in [1.165, 1.54) is 19.2 Å². The molecule has 1 aromatic carbocycles. The summed E-state index contributed by atoms with van der Waals surface area (Å²) < 4.78 is 10.5. The van der Waals surface area contributed by atoms with Gasteiger partial charge in [0.15, 0.2) is 0 Å². The molecule has 0 saturated heterocycles. The zero-order valence-corrected chi connectivity index (χ0v) is 18.5. The first kappa shape index (κ1) is 22.3. The number of rotatable bonds is 6. The zero-order valence-electron chi connectivity index (χ0n) is 17.5. The van der Waals surface area contributed by atoms with Crippen LogP contribution in [-0.2, 0) is 19.1 Å². The van der Waals surface area contributed by atoms with Gasteiger partial charge >= 0.3 is 11.9 Å². The van der Waals surface area contributed by atoms with Gasteiger partial charge in [-0.15, -0.1) is 0 Å². The van der Waals surface area contributed by atoms with E-state index in [0.29, 0.717) is 28.8 Å². The van der Waals surface area contributed by atoms with E-state index in [2.05, 4.69) is 25.0 Å². The fraction of sp³-hybridized carbons (Fsp3) is 0.400. The predicted molar refractivity (Wildman–Crippen MR) is 111 cm³/mol. The van der Waals surface area contributed by atoms with Crippen molar-refractivity contribution in [2.45, 2.75) is 39.4 Å². The van der Waals surface area contributed by atoms with Crippen molar-refractivity contribution in [3.63, 3.8) is 0 Å². The number of nitrogens with one attached hydrogen (secondary N) is 1. The zero-order chi connectivity index (χ0) is 21.9. The first-order valence-corrected chi connectivity index (χ1v) is 12.9. The number of methoxy groups -OCH3 is 1. The maximum atomic E-state index is 13.0. The number of nitro benzene ring substituents is 1. The summed E-state index contributed by atoms with van der Waals surface area (Å²) in [5.41, 5.74) is 2.18. The van der Waals surface area contributed by atoms with Gasteiger partial charge in [-0.25, -0.2) is 9.59 Å². The first-order chi connectivity index (χ1) is 13.5. The number of benzene rings is 1. The quantitative estimate of drug-likeness (QED) is 0.326. The molecule has 1 aromatic rings. The topological polar surface area (TPSA) is 108 Å². The van der Waals surface area contributed by atoms with Crippen molar-refractivity contribution in [1.29, 1.82) is 0 Å². The smallest absolute Gasteiger partial charge is 0.336 e. The predicted octanol–water partition coefficient (Wildman–Crippen LogP) is 3.42. The third kappa shape index (κ3) is 5.11. The van der Waals surface area contributed by atoms with Gasteiger partial charge in [0, 0.05) is 23.5 Å². The largest absolute Gasteiger partial charge is 0.466 e. The van der Waals surface area contributed by atoms with Gasteiger partial charge in [-0.3, -0.25) is 10.1 Å². The highest BCUT2D eigenvalue weighted by Crippen LogP contribution is 2.39. The van der Waals surface area contributed by atoms with Crippen LogP contribution in [0.2, 0.25) is 19.6 Å². The van der Waals surface area contributed by atoms with E-state index in [0.717, 1.165) is 0 Å². The van der Waals surface area contributed by atoms with Gasteiger partial charge in [0.25, 0.3) is 5.69 Å². The first-order valence-electron chi connectivity index (χ1n) is 9.14. The normalized spacial score (nSPS) is 17.0. The molecule has 0 aliphatic carbocycles. The second-order valence-electron chi connectivity index (χ2n) is 8.11. The van der Waals surface area contributed by atoms with E-state index < -0.39 is 30.9 Å². The molecule has 0 fully saturated rings. The summed E-state index contributed by atoms with van der Waals surface area (Å²) in [5, 5.41) is 14.1. The van der Waals surface area contributed by atoms with Gasteiger partial charge in [0.1, 0.15) is 0 Å². The SMILES string of the molecule is COC(=O)C1=C(C)NC(C)=C(C(=O)OC[Si](C)(C)C)C1c1ccc([N+](=O)[O-])cc1. The standard InChI is InChI=1S/C20H26N2O6Si/c1-12-16(19(23)27-3)18(14-7-9-15(10-8-14)22(25)26)17(13(2)21-12)20(24)28-11-29(4,5)6/h7-10,18,21H,11H2,1-6H3. The van der Waals surface area contributed by atoms with Gasteiger partial charge in [-0.2, -0.15) is 0 Å². The molecule has 0 amide bonds. The Balaban J connectivity index is 2.56. The Hall–Kier alpha value is -2.94. The molecule has 8 nitrogen and oxygen atoms in total. The molecule has 1 atom stereocenters. The van der Waals surface area contributed by atoms with E-state index in [-0.39, 0.29) is 11.3 Å². The Labute approximate surface area is 170 Å². The van der Waals surface area contributed by atoms with Crippen LogP contribution in [0.1, 0.15) is 25.3 Å². The minimum atomic E-state index is -1.65. The number of nitro groups is 1. The summed E-state index contributed by atoms with van der Waals surface area (Å²) in [5.74, 6) is -1.85. The molecule has 0 saturated carbocycles. The van der Waals surface area contributed by atoms with Gasteiger partial charge in [0.2, 0.25) is 0 Å². The molecule has 1 aliphatic rings. The van der Waals surface area contributed by atoms with Crippen molar-refractivity contribution in [3.8, 4) is 0 Å².